The average Bonchev–Trinajstić information content (AvgIpc) is 3.53. The van der Waals surface area contributed by atoms with Gasteiger partial charge in [-0.05, 0) is 73.9 Å². The molecule has 0 aromatic heterocycles. The molecule has 7 heteroatoms. The monoisotopic (exact) mass is 431 g/mol. The van der Waals surface area contributed by atoms with Crippen molar-refractivity contribution in [2.24, 2.45) is 0 Å². The van der Waals surface area contributed by atoms with Crippen molar-refractivity contribution in [1.29, 1.82) is 0 Å². The van der Waals surface area contributed by atoms with Gasteiger partial charge in [0.2, 0.25) is 0 Å². The highest BCUT2D eigenvalue weighted by molar-refractivity contribution is 5.84. The van der Waals surface area contributed by atoms with Crippen LogP contribution in [-0.4, -0.2) is 29.3 Å². The van der Waals surface area contributed by atoms with Crippen LogP contribution in [0.3, 0.4) is 0 Å². The van der Waals surface area contributed by atoms with E-state index in [1.807, 2.05) is 6.07 Å². The van der Waals surface area contributed by atoms with E-state index in [-0.39, 0.29) is 24.0 Å². The Labute approximate surface area is 180 Å². The molecule has 0 spiro atoms. The summed E-state index contributed by atoms with van der Waals surface area (Å²) >= 11 is 0. The summed E-state index contributed by atoms with van der Waals surface area (Å²) in [4.78, 5) is 11.7. The highest BCUT2D eigenvalue weighted by atomic mass is 19.3. The quantitative estimate of drug-likeness (QED) is 0.499. The van der Waals surface area contributed by atoms with Crippen LogP contribution in [0.2, 0.25) is 0 Å². The molecule has 2 fully saturated rings. The topological polar surface area (TPSA) is 67.8 Å². The predicted molar refractivity (Wildman–Crippen MR) is 114 cm³/mol. The second-order valence-electron chi connectivity index (χ2n) is 8.20. The Morgan fingerprint density at radius 3 is 2.58 bits per heavy atom. The molecule has 0 unspecified atom stereocenters. The minimum atomic E-state index is -2.70. The molecule has 5 nitrogen and oxygen atoms in total. The molecule has 166 valence electrons. The largest absolute Gasteiger partial charge is 0.493 e. The minimum absolute atomic E-state index is 0.140. The molecule has 0 amide bonds. The van der Waals surface area contributed by atoms with Gasteiger partial charge in [-0.2, -0.15) is 0 Å². The zero-order chi connectivity index (χ0) is 22.0. The molecule has 0 aliphatic heterocycles. The number of carbonyl (C=O) groups is 1. The average molecular weight is 431 g/mol. The van der Waals surface area contributed by atoms with Gasteiger partial charge in [0.05, 0.1) is 24.9 Å². The van der Waals surface area contributed by atoms with Crippen molar-refractivity contribution < 1.29 is 28.2 Å². The third-order valence-corrected chi connectivity index (χ3v) is 5.98. The molecule has 31 heavy (non-hydrogen) atoms. The molecule has 2 aliphatic rings. The zero-order valence-corrected chi connectivity index (χ0v) is 17.5. The van der Waals surface area contributed by atoms with E-state index in [0.29, 0.717) is 36.3 Å². The number of ether oxygens (including phenoxy) is 2. The van der Waals surface area contributed by atoms with Crippen molar-refractivity contribution in [3.05, 3.63) is 47.5 Å². The molecule has 2 aromatic carbocycles. The van der Waals surface area contributed by atoms with E-state index in [4.69, 9.17) is 9.47 Å². The summed E-state index contributed by atoms with van der Waals surface area (Å²) in [7, 11) is 0. The molecular formula is C24H27F2NO4. The summed E-state index contributed by atoms with van der Waals surface area (Å²) in [5, 5.41) is 12.8. The van der Waals surface area contributed by atoms with Gasteiger partial charge in [-0.25, -0.2) is 13.6 Å². The van der Waals surface area contributed by atoms with Crippen LogP contribution < -0.4 is 10.1 Å². The lowest BCUT2D eigenvalue weighted by atomic mass is 9.76. The molecule has 2 N–H and O–H groups in total. The number of nitrogens with one attached hydrogen (secondary N) is 1. The molecule has 2 saturated carbocycles. The van der Waals surface area contributed by atoms with Crippen molar-refractivity contribution in [3.8, 4) is 16.9 Å². The Morgan fingerprint density at radius 1 is 1.23 bits per heavy atom. The van der Waals surface area contributed by atoms with Crippen LogP contribution in [0.5, 0.6) is 5.75 Å². The smallest absolute Gasteiger partial charge is 0.329 e. The first-order valence-electron chi connectivity index (χ1n) is 10.7. The van der Waals surface area contributed by atoms with Crippen LogP contribution in [0, 0.1) is 0 Å². The van der Waals surface area contributed by atoms with Crippen molar-refractivity contribution >= 4 is 11.7 Å². The van der Waals surface area contributed by atoms with Crippen molar-refractivity contribution in [2.75, 3.05) is 11.9 Å². The lowest BCUT2D eigenvalue weighted by Crippen LogP contribution is -2.52. The summed E-state index contributed by atoms with van der Waals surface area (Å²) in [5.74, 6) is -0.700. The van der Waals surface area contributed by atoms with Crippen LogP contribution >= 0.6 is 0 Å². The van der Waals surface area contributed by atoms with Gasteiger partial charge < -0.3 is 19.9 Å². The van der Waals surface area contributed by atoms with Crippen molar-refractivity contribution in [1.82, 2.24) is 0 Å². The van der Waals surface area contributed by atoms with Crippen LogP contribution in [-0.2, 0) is 16.1 Å². The number of carboxylic acid groups (broad SMARTS) is 1. The molecule has 2 aromatic rings. The summed E-state index contributed by atoms with van der Waals surface area (Å²) in [6, 6.07) is 10.3. The number of alkyl halides is 2. The zero-order valence-electron chi connectivity index (χ0n) is 17.5. The van der Waals surface area contributed by atoms with Crippen LogP contribution in [0.15, 0.2) is 36.4 Å². The summed E-state index contributed by atoms with van der Waals surface area (Å²) in [5.41, 5.74) is 1.34. The van der Waals surface area contributed by atoms with Gasteiger partial charge >= 0.3 is 5.97 Å². The predicted octanol–water partition coefficient (Wildman–Crippen LogP) is 5.79. The molecule has 0 radical (unpaired) electrons. The Bertz CT molecular complexity index is 955. The standard InChI is InChI=1S/C24H27F2NO4/c1-2-30-20-6-3-5-19(21(20)22(25)26)18-10-7-16(13-15(18)14-31-17-8-9-17)27-24(23(28)29)11-4-12-24/h3,5-7,10,13,17,22,27H,2,4,8-9,11-12,14H2,1H3,(H,28,29). The first-order valence-corrected chi connectivity index (χ1v) is 10.7. The Morgan fingerprint density at radius 2 is 2.00 bits per heavy atom. The number of carboxylic acids is 1. The maximum Gasteiger partial charge on any atom is 0.329 e. The van der Waals surface area contributed by atoms with Gasteiger partial charge in [0, 0.05) is 5.69 Å². The Hall–Kier alpha value is -2.67. The third kappa shape index (κ3) is 4.51. The highest BCUT2D eigenvalue weighted by Crippen LogP contribution is 2.41. The van der Waals surface area contributed by atoms with E-state index < -0.39 is 17.9 Å². The number of anilines is 1. The fourth-order valence-electron chi connectivity index (χ4n) is 3.98. The Balaban J connectivity index is 1.73. The summed E-state index contributed by atoms with van der Waals surface area (Å²) in [6.45, 7) is 2.33. The molecule has 0 atom stereocenters. The fourth-order valence-corrected chi connectivity index (χ4v) is 3.98. The number of rotatable bonds is 10. The van der Waals surface area contributed by atoms with Gasteiger partial charge in [0.1, 0.15) is 11.3 Å². The van der Waals surface area contributed by atoms with Gasteiger partial charge in [-0.1, -0.05) is 18.2 Å². The van der Waals surface area contributed by atoms with Crippen LogP contribution in [0.25, 0.3) is 11.1 Å². The number of hydrogen-bond acceptors (Lipinski definition) is 4. The second kappa shape index (κ2) is 8.83. The molecule has 4 rings (SSSR count). The normalized spacial score (nSPS) is 17.3. The maximum absolute atomic E-state index is 14.0. The number of benzene rings is 2. The molecule has 0 bridgehead atoms. The maximum atomic E-state index is 14.0. The lowest BCUT2D eigenvalue weighted by molar-refractivity contribution is -0.145. The first-order chi connectivity index (χ1) is 14.9. The SMILES string of the molecule is CCOc1cccc(-c2ccc(NC3(C(=O)O)CCC3)cc2COC2CC2)c1C(F)F. The van der Waals surface area contributed by atoms with Crippen molar-refractivity contribution in [3.63, 3.8) is 0 Å². The molecule has 0 heterocycles. The Kier molecular flexibility index (Phi) is 6.14. The van der Waals surface area contributed by atoms with Gasteiger partial charge in [0.15, 0.2) is 0 Å². The van der Waals surface area contributed by atoms with Gasteiger partial charge in [0.25, 0.3) is 6.43 Å². The van der Waals surface area contributed by atoms with Gasteiger partial charge in [-0.15, -0.1) is 0 Å². The van der Waals surface area contributed by atoms with E-state index in [9.17, 15) is 18.7 Å². The van der Waals surface area contributed by atoms with E-state index in [1.54, 1.807) is 37.3 Å². The first kappa shape index (κ1) is 21.6. The van der Waals surface area contributed by atoms with Crippen LogP contribution in [0.4, 0.5) is 14.5 Å². The summed E-state index contributed by atoms with van der Waals surface area (Å²) in [6.07, 6.45) is 1.48. The number of halogens is 2. The summed E-state index contributed by atoms with van der Waals surface area (Å²) < 4.78 is 39.4. The minimum Gasteiger partial charge on any atom is -0.493 e. The van der Waals surface area contributed by atoms with Crippen molar-refractivity contribution in [2.45, 2.75) is 63.7 Å². The molecule has 0 saturated heterocycles. The fraction of sp³-hybridized carbons (Fsp3) is 0.458. The van der Waals surface area contributed by atoms with E-state index in [1.165, 1.54) is 0 Å². The molecule has 2 aliphatic carbocycles. The third-order valence-electron chi connectivity index (χ3n) is 5.98. The lowest BCUT2D eigenvalue weighted by Gasteiger charge is -2.39. The number of hydrogen-bond donors (Lipinski definition) is 2. The second-order valence-corrected chi connectivity index (χ2v) is 8.20. The van der Waals surface area contributed by atoms with Crippen LogP contribution in [0.1, 0.15) is 56.6 Å². The highest BCUT2D eigenvalue weighted by Gasteiger charge is 2.44. The van der Waals surface area contributed by atoms with E-state index in [2.05, 4.69) is 5.32 Å². The number of aliphatic carboxylic acids is 1. The van der Waals surface area contributed by atoms with E-state index >= 15 is 0 Å². The molecular weight excluding hydrogens is 404 g/mol. The van der Waals surface area contributed by atoms with E-state index in [0.717, 1.165) is 24.8 Å². The van der Waals surface area contributed by atoms with Gasteiger partial charge in [-0.3, -0.25) is 0 Å².